The van der Waals surface area contributed by atoms with Crippen LogP contribution in [0.2, 0.25) is 5.02 Å². The predicted molar refractivity (Wildman–Crippen MR) is 235 cm³/mol. The molecule has 1 aliphatic heterocycles. The van der Waals surface area contributed by atoms with Crippen LogP contribution in [0.1, 0.15) is 67.8 Å². The van der Waals surface area contributed by atoms with Gasteiger partial charge < -0.3 is 9.80 Å². The van der Waals surface area contributed by atoms with E-state index in [1.165, 1.54) is 35.0 Å². The van der Waals surface area contributed by atoms with E-state index in [-0.39, 0.29) is 32.4 Å². The summed E-state index contributed by atoms with van der Waals surface area (Å²) in [6.45, 7) is 4.93. The molecule has 0 aliphatic carbocycles. The molecule has 0 fully saturated rings. The highest BCUT2D eigenvalue weighted by Crippen LogP contribution is 2.31. The Kier molecular flexibility index (Phi) is 11.4. The lowest BCUT2D eigenvalue weighted by Gasteiger charge is -2.29. The lowest BCUT2D eigenvalue weighted by atomic mass is 9.98. The molecule has 0 saturated heterocycles. The summed E-state index contributed by atoms with van der Waals surface area (Å²) in [6, 6.07) is 41.9. The zero-order chi connectivity index (χ0) is 42.0. The van der Waals surface area contributed by atoms with Crippen LogP contribution in [0.25, 0.3) is 27.6 Å². The maximum Gasteiger partial charge on any atom is 0.280 e. The summed E-state index contributed by atoms with van der Waals surface area (Å²) in [5.74, 6) is -1.71. The molecule has 1 N–H and O–H groups in total. The second-order valence-electron chi connectivity index (χ2n) is 14.8. The Labute approximate surface area is 354 Å². The van der Waals surface area contributed by atoms with E-state index < -0.39 is 27.7 Å². The average molecular weight is 836 g/mol. The molecular formula is C48H42ClN5O5S. The van der Waals surface area contributed by atoms with Crippen molar-refractivity contribution in [3.63, 3.8) is 0 Å². The Morgan fingerprint density at radius 1 is 0.783 bits per heavy atom. The minimum atomic E-state index is -4.29. The zero-order valence-corrected chi connectivity index (χ0v) is 34.7. The van der Waals surface area contributed by atoms with Gasteiger partial charge in [0, 0.05) is 30.9 Å². The van der Waals surface area contributed by atoms with Crippen molar-refractivity contribution in [2.24, 2.45) is 0 Å². The van der Waals surface area contributed by atoms with Crippen LogP contribution in [0.3, 0.4) is 0 Å². The second kappa shape index (κ2) is 17.0. The fourth-order valence-electron chi connectivity index (χ4n) is 7.56. The molecule has 0 radical (unpaired) electrons. The lowest BCUT2D eigenvalue weighted by molar-refractivity contribution is 0.0734. The predicted octanol–water partition coefficient (Wildman–Crippen LogP) is 9.42. The van der Waals surface area contributed by atoms with Crippen LogP contribution in [-0.4, -0.2) is 53.9 Å². The van der Waals surface area contributed by atoms with Gasteiger partial charge in [-0.2, -0.15) is 5.10 Å². The fourth-order valence-corrected chi connectivity index (χ4v) is 8.77. The van der Waals surface area contributed by atoms with E-state index in [2.05, 4.69) is 11.6 Å². The number of rotatable bonds is 11. The molecule has 60 heavy (non-hydrogen) atoms. The number of carbonyl (C=O) groups is 3. The highest BCUT2D eigenvalue weighted by Gasteiger charge is 2.30. The van der Waals surface area contributed by atoms with Crippen molar-refractivity contribution in [3.05, 3.63) is 178 Å². The van der Waals surface area contributed by atoms with Gasteiger partial charge in [-0.15, -0.1) is 0 Å². The van der Waals surface area contributed by atoms with Crippen LogP contribution in [0, 0.1) is 6.92 Å². The van der Waals surface area contributed by atoms with E-state index in [4.69, 9.17) is 16.7 Å². The zero-order valence-electron chi connectivity index (χ0n) is 33.1. The van der Waals surface area contributed by atoms with Crippen LogP contribution in [0.4, 0.5) is 5.69 Å². The van der Waals surface area contributed by atoms with E-state index in [0.29, 0.717) is 42.8 Å². The van der Waals surface area contributed by atoms with E-state index in [1.807, 2.05) is 91.0 Å². The molecule has 0 unspecified atom stereocenters. The molecule has 0 spiro atoms. The number of unbranched alkanes of at least 4 members (excludes halogenated alkanes) is 1. The molecule has 7 aromatic rings. The van der Waals surface area contributed by atoms with Crippen LogP contribution in [0.5, 0.6) is 0 Å². The van der Waals surface area contributed by atoms with Crippen molar-refractivity contribution in [1.82, 2.24) is 19.4 Å². The number of aromatic nitrogens is 2. The first-order chi connectivity index (χ1) is 29.0. The molecule has 0 saturated carbocycles. The van der Waals surface area contributed by atoms with Crippen LogP contribution in [-0.2, 0) is 23.0 Å². The first-order valence-corrected chi connectivity index (χ1v) is 21.7. The van der Waals surface area contributed by atoms with Gasteiger partial charge in [-0.3, -0.25) is 14.4 Å². The number of nitrogens with zero attached hydrogens (tertiary/aromatic N) is 4. The number of nitrogens with one attached hydrogen (secondary N) is 1. The normalized spacial score (nSPS) is 12.6. The molecule has 1 aliphatic rings. The van der Waals surface area contributed by atoms with E-state index in [9.17, 15) is 22.8 Å². The first-order valence-electron chi connectivity index (χ1n) is 19.8. The Morgan fingerprint density at radius 3 is 2.22 bits per heavy atom. The van der Waals surface area contributed by atoms with Gasteiger partial charge in [0.05, 0.1) is 26.9 Å². The minimum Gasteiger partial charge on any atom is -0.334 e. The standard InChI is InChI=1S/C48H42ClN5O5S/c1-3-4-27-53(40-22-18-36(19-23-40)33-12-6-5-7-13-33)48(57)45-44(49)32(2)54(50-45)43-25-21-38(30-42(43)47(56)52-28-26-35-15-9-11-17-39(35)31-52)46(55)51-60(58,59)41-24-20-34-14-8-10-16-37(34)29-41/h5-25,29-30H,3-4,26-28,31H2,1-2H3,(H,51,55). The lowest BCUT2D eigenvalue weighted by Crippen LogP contribution is -2.37. The average Bonchev–Trinajstić information content (AvgIpc) is 3.58. The fraction of sp³-hybridized carbons (Fsp3) is 0.167. The molecule has 0 bridgehead atoms. The molecule has 12 heteroatoms. The highest BCUT2D eigenvalue weighted by molar-refractivity contribution is 7.90. The summed E-state index contributed by atoms with van der Waals surface area (Å²) in [4.78, 5) is 46.1. The minimum absolute atomic E-state index is 0.00556. The number of hydrogen-bond donors (Lipinski definition) is 1. The third-order valence-corrected chi connectivity index (χ3v) is 12.7. The summed E-state index contributed by atoms with van der Waals surface area (Å²) in [5.41, 5.74) is 5.63. The van der Waals surface area contributed by atoms with Crippen molar-refractivity contribution in [2.45, 2.75) is 44.6 Å². The summed E-state index contributed by atoms with van der Waals surface area (Å²) in [6.07, 6.45) is 2.22. The number of amides is 3. The Bertz CT molecular complexity index is 2880. The van der Waals surface area contributed by atoms with Crippen molar-refractivity contribution < 1.29 is 22.8 Å². The number of hydrogen-bond acceptors (Lipinski definition) is 6. The summed E-state index contributed by atoms with van der Waals surface area (Å²) in [7, 11) is -4.29. The van der Waals surface area contributed by atoms with Crippen molar-refractivity contribution in [2.75, 3.05) is 18.0 Å². The van der Waals surface area contributed by atoms with Gasteiger partial charge in [-0.05, 0) is 95.3 Å². The topological polar surface area (TPSA) is 122 Å². The van der Waals surface area contributed by atoms with Gasteiger partial charge in [0.15, 0.2) is 5.69 Å². The second-order valence-corrected chi connectivity index (χ2v) is 16.9. The largest absolute Gasteiger partial charge is 0.334 e. The number of benzene rings is 6. The van der Waals surface area contributed by atoms with Crippen LogP contribution >= 0.6 is 11.6 Å². The van der Waals surface area contributed by atoms with Crippen molar-refractivity contribution >= 4 is 55.8 Å². The third kappa shape index (κ3) is 8.06. The highest BCUT2D eigenvalue weighted by atomic mass is 35.5. The molecule has 302 valence electrons. The van der Waals surface area contributed by atoms with Gasteiger partial charge in [-0.1, -0.05) is 122 Å². The quantitative estimate of drug-likeness (QED) is 0.139. The van der Waals surface area contributed by atoms with Gasteiger partial charge >= 0.3 is 0 Å². The van der Waals surface area contributed by atoms with E-state index in [1.54, 1.807) is 34.9 Å². The summed E-state index contributed by atoms with van der Waals surface area (Å²) in [5, 5.41) is 6.43. The summed E-state index contributed by atoms with van der Waals surface area (Å²) < 4.78 is 30.7. The van der Waals surface area contributed by atoms with E-state index >= 15 is 0 Å². The SMILES string of the molecule is CCCCN(C(=O)c1nn(-c2ccc(C(=O)NS(=O)(=O)c3ccc4ccccc4c3)cc2C(=O)N2CCc3ccccc3C2)c(C)c1Cl)c1ccc(-c2ccccc2)cc1. The van der Waals surface area contributed by atoms with Gasteiger partial charge in [0.1, 0.15) is 0 Å². The number of anilines is 1. The molecule has 8 rings (SSSR count). The van der Waals surface area contributed by atoms with Gasteiger partial charge in [0.2, 0.25) is 0 Å². The molecule has 0 atom stereocenters. The Morgan fingerprint density at radius 2 is 1.47 bits per heavy atom. The Balaban J connectivity index is 1.15. The number of fused-ring (bicyclic) bond motifs is 2. The number of halogens is 1. The maximum absolute atomic E-state index is 14.6. The molecule has 1 aromatic heterocycles. The number of carbonyl (C=O) groups excluding carboxylic acids is 3. The number of sulfonamides is 1. The molecule has 3 amide bonds. The van der Waals surface area contributed by atoms with Crippen molar-refractivity contribution in [1.29, 1.82) is 0 Å². The summed E-state index contributed by atoms with van der Waals surface area (Å²) >= 11 is 6.96. The van der Waals surface area contributed by atoms with Crippen molar-refractivity contribution in [3.8, 4) is 16.8 Å². The maximum atomic E-state index is 14.6. The van der Waals surface area contributed by atoms with Gasteiger partial charge in [-0.25, -0.2) is 17.8 Å². The Hall–Kier alpha value is -6.56. The molecule has 2 heterocycles. The smallest absolute Gasteiger partial charge is 0.280 e. The van der Waals surface area contributed by atoms with Gasteiger partial charge in [0.25, 0.3) is 27.7 Å². The van der Waals surface area contributed by atoms with Crippen LogP contribution < -0.4 is 9.62 Å². The molecule has 10 nitrogen and oxygen atoms in total. The van der Waals surface area contributed by atoms with Crippen LogP contribution in [0.15, 0.2) is 144 Å². The van der Waals surface area contributed by atoms with E-state index in [0.717, 1.165) is 40.5 Å². The molecule has 6 aromatic carbocycles. The first kappa shape index (κ1) is 40.2. The third-order valence-electron chi connectivity index (χ3n) is 10.9. The molecular weight excluding hydrogens is 794 g/mol. The monoisotopic (exact) mass is 835 g/mol.